The molecule has 66 valence electrons. The fraction of sp³-hybridized carbons (Fsp3) is 0.875. The van der Waals surface area contributed by atoms with E-state index in [0.717, 1.165) is 0 Å². The third kappa shape index (κ3) is 3.10. The SMILES string of the molecule is CNC(=O)C(Cl)C(C)C(C)C. The smallest absolute Gasteiger partial charge is 0.238 e. The summed E-state index contributed by atoms with van der Waals surface area (Å²) in [5.74, 6) is 0.569. The Morgan fingerprint density at radius 2 is 1.82 bits per heavy atom. The Bertz CT molecular complexity index is 136. The van der Waals surface area contributed by atoms with Gasteiger partial charge in [0.15, 0.2) is 0 Å². The quantitative estimate of drug-likeness (QED) is 0.653. The van der Waals surface area contributed by atoms with E-state index in [1.165, 1.54) is 0 Å². The van der Waals surface area contributed by atoms with Crippen molar-refractivity contribution < 1.29 is 4.79 Å². The molecule has 0 aromatic rings. The zero-order valence-electron chi connectivity index (χ0n) is 7.52. The van der Waals surface area contributed by atoms with Gasteiger partial charge in [0, 0.05) is 7.05 Å². The first kappa shape index (κ1) is 10.8. The average Bonchev–Trinajstić information content (AvgIpc) is 2.00. The summed E-state index contributed by atoms with van der Waals surface area (Å²) in [7, 11) is 1.60. The minimum atomic E-state index is -0.403. The van der Waals surface area contributed by atoms with Crippen molar-refractivity contribution in [2.75, 3.05) is 7.05 Å². The maximum atomic E-state index is 11.0. The second kappa shape index (κ2) is 4.60. The molecule has 0 aliphatic carbocycles. The van der Waals surface area contributed by atoms with Crippen LogP contribution in [0.1, 0.15) is 20.8 Å². The number of amides is 1. The van der Waals surface area contributed by atoms with Crippen LogP contribution in [0, 0.1) is 11.8 Å². The molecule has 0 bridgehead atoms. The van der Waals surface area contributed by atoms with Crippen LogP contribution in [0.4, 0.5) is 0 Å². The molecule has 0 fully saturated rings. The van der Waals surface area contributed by atoms with Crippen LogP contribution in [0.2, 0.25) is 0 Å². The maximum absolute atomic E-state index is 11.0. The highest BCUT2D eigenvalue weighted by Gasteiger charge is 2.23. The molecule has 2 unspecified atom stereocenters. The third-order valence-electron chi connectivity index (χ3n) is 2.01. The molecule has 0 aliphatic heterocycles. The van der Waals surface area contributed by atoms with Gasteiger partial charge in [0.2, 0.25) is 5.91 Å². The molecule has 2 nitrogen and oxygen atoms in total. The van der Waals surface area contributed by atoms with Gasteiger partial charge in [0.05, 0.1) is 0 Å². The molecule has 1 amide bonds. The lowest BCUT2D eigenvalue weighted by molar-refractivity contribution is -0.121. The van der Waals surface area contributed by atoms with E-state index in [9.17, 15) is 4.79 Å². The molecule has 3 heteroatoms. The van der Waals surface area contributed by atoms with Crippen LogP contribution in [0.15, 0.2) is 0 Å². The van der Waals surface area contributed by atoms with Crippen LogP contribution in [-0.4, -0.2) is 18.3 Å². The maximum Gasteiger partial charge on any atom is 0.238 e. The summed E-state index contributed by atoms with van der Waals surface area (Å²) >= 11 is 5.86. The molecule has 1 N–H and O–H groups in total. The number of nitrogens with one attached hydrogen (secondary N) is 1. The topological polar surface area (TPSA) is 29.1 Å². The molecule has 0 aromatic carbocycles. The Hall–Kier alpha value is -0.240. The molecule has 11 heavy (non-hydrogen) atoms. The van der Waals surface area contributed by atoms with Crippen molar-refractivity contribution in [3.05, 3.63) is 0 Å². The Kier molecular flexibility index (Phi) is 4.50. The Labute approximate surface area is 73.3 Å². The van der Waals surface area contributed by atoms with E-state index in [4.69, 9.17) is 11.6 Å². The molecule has 0 aliphatic rings. The Morgan fingerprint density at radius 3 is 2.09 bits per heavy atom. The number of alkyl halides is 1. The fourth-order valence-corrected chi connectivity index (χ4v) is 1.11. The summed E-state index contributed by atoms with van der Waals surface area (Å²) in [5.41, 5.74) is 0. The monoisotopic (exact) mass is 177 g/mol. The van der Waals surface area contributed by atoms with E-state index < -0.39 is 5.38 Å². The number of halogens is 1. The molecule has 0 saturated heterocycles. The molecule has 0 spiro atoms. The predicted octanol–water partition coefficient (Wildman–Crippen LogP) is 1.63. The summed E-state index contributed by atoms with van der Waals surface area (Å²) in [4.78, 5) is 11.0. The summed E-state index contributed by atoms with van der Waals surface area (Å²) in [6.07, 6.45) is 0. The third-order valence-corrected chi connectivity index (χ3v) is 2.61. The van der Waals surface area contributed by atoms with E-state index in [0.29, 0.717) is 5.92 Å². The summed E-state index contributed by atoms with van der Waals surface area (Å²) in [6, 6.07) is 0. The van der Waals surface area contributed by atoms with Crippen molar-refractivity contribution in [1.82, 2.24) is 5.32 Å². The first-order chi connectivity index (χ1) is 5.00. The molecular formula is C8H16ClNO. The second-order valence-corrected chi connectivity index (χ2v) is 3.59. The van der Waals surface area contributed by atoms with Gasteiger partial charge in [0.1, 0.15) is 5.38 Å². The zero-order chi connectivity index (χ0) is 9.02. The normalized spacial score (nSPS) is 16.2. The molecule has 0 radical (unpaired) electrons. The highest BCUT2D eigenvalue weighted by atomic mass is 35.5. The summed E-state index contributed by atoms with van der Waals surface area (Å²) in [5, 5.41) is 2.13. The van der Waals surface area contributed by atoms with E-state index in [2.05, 4.69) is 19.2 Å². The molecule has 0 aromatic heterocycles. The van der Waals surface area contributed by atoms with Gasteiger partial charge in [-0.25, -0.2) is 0 Å². The number of carbonyl (C=O) groups excluding carboxylic acids is 1. The van der Waals surface area contributed by atoms with Crippen LogP contribution < -0.4 is 5.32 Å². The predicted molar refractivity (Wildman–Crippen MR) is 47.7 cm³/mol. The van der Waals surface area contributed by atoms with Crippen molar-refractivity contribution in [2.24, 2.45) is 11.8 Å². The first-order valence-electron chi connectivity index (χ1n) is 3.86. The van der Waals surface area contributed by atoms with Crippen LogP contribution in [-0.2, 0) is 4.79 Å². The van der Waals surface area contributed by atoms with E-state index in [-0.39, 0.29) is 11.8 Å². The number of hydrogen-bond acceptors (Lipinski definition) is 1. The minimum Gasteiger partial charge on any atom is -0.358 e. The van der Waals surface area contributed by atoms with Crippen molar-refractivity contribution in [2.45, 2.75) is 26.1 Å². The molecule has 0 rings (SSSR count). The van der Waals surface area contributed by atoms with Gasteiger partial charge in [-0.2, -0.15) is 0 Å². The van der Waals surface area contributed by atoms with E-state index in [1.807, 2.05) is 6.92 Å². The van der Waals surface area contributed by atoms with Crippen molar-refractivity contribution in [1.29, 1.82) is 0 Å². The lowest BCUT2D eigenvalue weighted by atomic mass is 9.94. The minimum absolute atomic E-state index is 0.0899. The van der Waals surface area contributed by atoms with Gasteiger partial charge >= 0.3 is 0 Å². The van der Waals surface area contributed by atoms with Crippen molar-refractivity contribution in [3.8, 4) is 0 Å². The van der Waals surface area contributed by atoms with Crippen LogP contribution >= 0.6 is 11.6 Å². The van der Waals surface area contributed by atoms with Gasteiger partial charge in [-0.15, -0.1) is 11.6 Å². The fourth-order valence-electron chi connectivity index (χ4n) is 0.715. The second-order valence-electron chi connectivity index (χ2n) is 3.12. The Morgan fingerprint density at radius 1 is 1.36 bits per heavy atom. The first-order valence-corrected chi connectivity index (χ1v) is 4.30. The lowest BCUT2D eigenvalue weighted by Gasteiger charge is -2.19. The van der Waals surface area contributed by atoms with Crippen LogP contribution in [0.3, 0.4) is 0 Å². The highest BCUT2D eigenvalue weighted by molar-refractivity contribution is 6.30. The number of hydrogen-bond donors (Lipinski definition) is 1. The molecule has 2 atom stereocenters. The average molecular weight is 178 g/mol. The Balaban J connectivity index is 4.01. The summed E-state index contributed by atoms with van der Waals surface area (Å²) < 4.78 is 0. The van der Waals surface area contributed by atoms with Crippen LogP contribution in [0.5, 0.6) is 0 Å². The summed E-state index contributed by atoms with van der Waals surface area (Å²) in [6.45, 7) is 6.10. The molecule has 0 heterocycles. The van der Waals surface area contributed by atoms with Crippen LogP contribution in [0.25, 0.3) is 0 Å². The van der Waals surface area contributed by atoms with Crippen molar-refractivity contribution >= 4 is 17.5 Å². The van der Waals surface area contributed by atoms with Gasteiger partial charge < -0.3 is 5.32 Å². The largest absolute Gasteiger partial charge is 0.358 e. The van der Waals surface area contributed by atoms with Gasteiger partial charge in [-0.1, -0.05) is 20.8 Å². The molecular weight excluding hydrogens is 162 g/mol. The van der Waals surface area contributed by atoms with Gasteiger partial charge in [0.25, 0.3) is 0 Å². The van der Waals surface area contributed by atoms with Crippen molar-refractivity contribution in [3.63, 3.8) is 0 Å². The number of carbonyl (C=O) groups is 1. The zero-order valence-corrected chi connectivity index (χ0v) is 8.27. The van der Waals surface area contributed by atoms with E-state index >= 15 is 0 Å². The van der Waals surface area contributed by atoms with Gasteiger partial charge in [-0.3, -0.25) is 4.79 Å². The van der Waals surface area contributed by atoms with E-state index in [1.54, 1.807) is 7.05 Å². The molecule has 0 saturated carbocycles. The lowest BCUT2D eigenvalue weighted by Crippen LogP contribution is -2.34. The number of rotatable bonds is 3. The van der Waals surface area contributed by atoms with Gasteiger partial charge in [-0.05, 0) is 11.8 Å². The standard InChI is InChI=1S/C8H16ClNO/c1-5(2)6(3)7(9)8(11)10-4/h5-7H,1-4H3,(H,10,11). The highest BCUT2D eigenvalue weighted by Crippen LogP contribution is 2.19.